The van der Waals surface area contributed by atoms with Crippen molar-refractivity contribution in [3.8, 4) is 11.5 Å². The molecule has 0 bridgehead atoms. The fourth-order valence-electron chi connectivity index (χ4n) is 4.17. The number of carbonyl (C=O) groups is 1. The molecular formula is C24H33N3O4S. The molecule has 0 saturated carbocycles. The largest absolute Gasteiger partial charge is 0.486 e. The van der Waals surface area contributed by atoms with Gasteiger partial charge in [0.25, 0.3) is 0 Å². The lowest BCUT2D eigenvalue weighted by Gasteiger charge is -2.25. The minimum atomic E-state index is -0.103. The number of carbonyl (C=O) groups excluding carboxylic acids is 1. The van der Waals surface area contributed by atoms with E-state index in [4.69, 9.17) is 19.2 Å². The number of hydrogen-bond donors (Lipinski definition) is 1. The van der Waals surface area contributed by atoms with Gasteiger partial charge >= 0.3 is 0 Å². The van der Waals surface area contributed by atoms with Gasteiger partial charge in [0.1, 0.15) is 13.2 Å². The fourth-order valence-corrected chi connectivity index (χ4v) is 5.09. The van der Waals surface area contributed by atoms with Crippen molar-refractivity contribution in [3.05, 3.63) is 35.2 Å². The molecule has 1 saturated heterocycles. The summed E-state index contributed by atoms with van der Waals surface area (Å²) >= 11 is 1.48. The first-order valence-corrected chi connectivity index (χ1v) is 12.4. The number of aromatic nitrogens is 2. The van der Waals surface area contributed by atoms with Crippen LogP contribution >= 0.6 is 11.8 Å². The summed E-state index contributed by atoms with van der Waals surface area (Å²) in [4.78, 5) is 17.6. The van der Waals surface area contributed by atoms with Crippen molar-refractivity contribution in [2.24, 2.45) is 5.92 Å². The second-order valence-electron chi connectivity index (χ2n) is 8.79. The van der Waals surface area contributed by atoms with Crippen LogP contribution in [0.2, 0.25) is 0 Å². The van der Waals surface area contributed by atoms with Crippen LogP contribution in [0.3, 0.4) is 0 Å². The molecule has 32 heavy (non-hydrogen) atoms. The van der Waals surface area contributed by atoms with Crippen molar-refractivity contribution in [3.63, 3.8) is 0 Å². The molecule has 2 aromatic rings. The molecule has 0 radical (unpaired) electrons. The summed E-state index contributed by atoms with van der Waals surface area (Å²) in [5.74, 6) is 2.04. The number of hydrogen-bond acceptors (Lipinski definition) is 6. The minimum Gasteiger partial charge on any atom is -0.486 e. The van der Waals surface area contributed by atoms with Crippen LogP contribution in [0.5, 0.6) is 11.5 Å². The Hall–Kier alpha value is -2.19. The third kappa shape index (κ3) is 5.23. The lowest BCUT2D eigenvalue weighted by atomic mass is 9.95. The molecule has 1 aromatic heterocycles. The number of nitrogens with one attached hydrogen (secondary N) is 1. The van der Waals surface area contributed by atoms with Gasteiger partial charge in [-0.3, -0.25) is 4.79 Å². The third-order valence-electron chi connectivity index (χ3n) is 6.07. The number of fused-ring (bicyclic) bond motifs is 1. The maximum absolute atomic E-state index is 12.9. The predicted molar refractivity (Wildman–Crippen MR) is 125 cm³/mol. The fraction of sp³-hybridized carbons (Fsp3) is 0.583. The zero-order valence-electron chi connectivity index (χ0n) is 19.3. The summed E-state index contributed by atoms with van der Waals surface area (Å²) < 4.78 is 19.4. The summed E-state index contributed by atoms with van der Waals surface area (Å²) in [6.45, 7) is 11.0. The van der Waals surface area contributed by atoms with E-state index in [1.54, 1.807) is 0 Å². The predicted octanol–water partition coefficient (Wildman–Crippen LogP) is 4.06. The summed E-state index contributed by atoms with van der Waals surface area (Å²) in [5, 5.41) is 4.09. The van der Waals surface area contributed by atoms with E-state index >= 15 is 0 Å². The first-order chi connectivity index (χ1) is 15.4. The van der Waals surface area contributed by atoms with Crippen LogP contribution in [-0.4, -0.2) is 47.1 Å². The van der Waals surface area contributed by atoms with Crippen LogP contribution in [0, 0.1) is 19.8 Å². The number of ether oxygens (including phenoxy) is 3. The van der Waals surface area contributed by atoms with Crippen molar-refractivity contribution in [2.45, 2.75) is 64.4 Å². The van der Waals surface area contributed by atoms with Crippen LogP contribution in [0.4, 0.5) is 0 Å². The summed E-state index contributed by atoms with van der Waals surface area (Å²) in [7, 11) is 0. The smallest absolute Gasteiger partial charge is 0.230 e. The third-order valence-corrected chi connectivity index (χ3v) is 7.05. The van der Waals surface area contributed by atoms with E-state index in [0.717, 1.165) is 59.6 Å². The Morgan fingerprint density at radius 3 is 2.72 bits per heavy atom. The van der Waals surface area contributed by atoms with Gasteiger partial charge in [-0.1, -0.05) is 31.7 Å². The summed E-state index contributed by atoms with van der Waals surface area (Å²) in [5.41, 5.74) is 3.16. The summed E-state index contributed by atoms with van der Waals surface area (Å²) in [6.07, 6.45) is 2.42. The van der Waals surface area contributed by atoms with Gasteiger partial charge < -0.3 is 24.1 Å². The first kappa shape index (κ1) is 23.0. The van der Waals surface area contributed by atoms with Crippen LogP contribution < -0.4 is 14.8 Å². The van der Waals surface area contributed by atoms with Crippen molar-refractivity contribution in [1.82, 2.24) is 14.9 Å². The van der Waals surface area contributed by atoms with Crippen molar-refractivity contribution < 1.29 is 19.0 Å². The molecule has 0 aliphatic carbocycles. The second-order valence-corrected chi connectivity index (χ2v) is 9.73. The lowest BCUT2D eigenvalue weighted by molar-refractivity contribution is -0.119. The number of nitrogens with zero attached hydrogens (tertiary/aromatic N) is 2. The maximum atomic E-state index is 12.9. The number of aryl methyl sites for hydroxylation is 1. The molecule has 0 spiro atoms. The molecule has 4 rings (SSSR count). The molecule has 1 fully saturated rings. The minimum absolute atomic E-state index is 0.00874. The monoisotopic (exact) mass is 459 g/mol. The van der Waals surface area contributed by atoms with Gasteiger partial charge in [0, 0.05) is 12.3 Å². The molecule has 2 aliphatic heterocycles. The van der Waals surface area contributed by atoms with E-state index in [2.05, 4.69) is 30.7 Å². The van der Waals surface area contributed by atoms with E-state index in [1.807, 2.05) is 25.1 Å². The zero-order chi connectivity index (χ0) is 22.7. The van der Waals surface area contributed by atoms with Crippen molar-refractivity contribution in [1.29, 1.82) is 0 Å². The highest BCUT2D eigenvalue weighted by Crippen LogP contribution is 2.34. The molecule has 0 unspecified atom stereocenters. The second kappa shape index (κ2) is 10.2. The normalized spacial score (nSPS) is 18.7. The van der Waals surface area contributed by atoms with E-state index in [1.165, 1.54) is 11.8 Å². The highest BCUT2D eigenvalue weighted by Gasteiger charge is 2.23. The van der Waals surface area contributed by atoms with Crippen molar-refractivity contribution in [2.75, 3.05) is 25.6 Å². The summed E-state index contributed by atoms with van der Waals surface area (Å²) in [6, 6.07) is 5.81. The lowest BCUT2D eigenvalue weighted by Crippen LogP contribution is -2.33. The molecule has 7 nitrogen and oxygen atoms in total. The van der Waals surface area contributed by atoms with E-state index in [9.17, 15) is 4.79 Å². The van der Waals surface area contributed by atoms with Crippen molar-refractivity contribution >= 4 is 17.7 Å². The highest BCUT2D eigenvalue weighted by atomic mass is 32.2. The van der Waals surface area contributed by atoms with Crippen LogP contribution in [0.15, 0.2) is 23.4 Å². The Morgan fingerprint density at radius 2 is 2.00 bits per heavy atom. The molecular weight excluding hydrogens is 426 g/mol. The molecule has 2 aliphatic rings. The highest BCUT2D eigenvalue weighted by molar-refractivity contribution is 7.99. The maximum Gasteiger partial charge on any atom is 0.230 e. The number of thioether (sulfide) groups is 1. The molecule has 3 heterocycles. The molecule has 1 N–H and O–H groups in total. The standard InChI is InChI=1S/C24H33N3O4S/c1-15(2)23(18-7-8-20-21(12-18)31-11-10-30-20)26-22(28)14-32-24-25-16(3)17(4)27(24)13-19-6-5-9-29-19/h7-8,12,15,19,23H,5-6,9-11,13-14H2,1-4H3,(H,26,28)/t19-,23+/m1/s1. The van der Waals surface area contributed by atoms with E-state index < -0.39 is 0 Å². The van der Waals surface area contributed by atoms with Gasteiger partial charge in [-0.15, -0.1) is 0 Å². The van der Waals surface area contributed by atoms with Gasteiger partial charge in [-0.2, -0.15) is 0 Å². The molecule has 2 atom stereocenters. The van der Waals surface area contributed by atoms with Gasteiger partial charge in [-0.25, -0.2) is 4.98 Å². The van der Waals surface area contributed by atoms with E-state index in [0.29, 0.717) is 19.0 Å². The van der Waals surface area contributed by atoms with Crippen LogP contribution in [0.1, 0.15) is 49.7 Å². The number of rotatable bonds is 8. The molecule has 1 aromatic carbocycles. The van der Waals surface area contributed by atoms with Crippen LogP contribution in [0.25, 0.3) is 0 Å². The Labute approximate surface area is 194 Å². The van der Waals surface area contributed by atoms with Gasteiger partial charge in [0.2, 0.25) is 5.91 Å². The van der Waals surface area contributed by atoms with Gasteiger partial charge in [0.15, 0.2) is 16.7 Å². The first-order valence-electron chi connectivity index (χ1n) is 11.4. The Morgan fingerprint density at radius 1 is 1.22 bits per heavy atom. The van der Waals surface area contributed by atoms with Crippen LogP contribution in [-0.2, 0) is 16.1 Å². The SMILES string of the molecule is Cc1nc(SCC(=O)N[C@H](c2ccc3c(c2)OCCO3)C(C)C)n(C[C@H]2CCCO2)c1C. The zero-order valence-corrected chi connectivity index (χ0v) is 20.2. The Kier molecular flexibility index (Phi) is 7.30. The van der Waals surface area contributed by atoms with Gasteiger partial charge in [0.05, 0.1) is 30.1 Å². The topological polar surface area (TPSA) is 74.6 Å². The molecule has 8 heteroatoms. The molecule has 1 amide bonds. The number of benzene rings is 1. The Bertz CT molecular complexity index is 953. The average Bonchev–Trinajstić information content (AvgIpc) is 3.39. The van der Waals surface area contributed by atoms with E-state index in [-0.39, 0.29) is 24.0 Å². The molecule has 174 valence electrons. The van der Waals surface area contributed by atoms with Gasteiger partial charge in [-0.05, 0) is 50.3 Å². The quantitative estimate of drug-likeness (QED) is 0.600. The average molecular weight is 460 g/mol. The number of imidazole rings is 1. The number of amides is 1. The Balaban J connectivity index is 1.41.